The van der Waals surface area contributed by atoms with Crippen molar-refractivity contribution in [3.63, 3.8) is 0 Å². The number of esters is 3. The molecule has 0 aromatic rings. The smallest absolute Gasteiger partial charge is 0.335 e. The van der Waals surface area contributed by atoms with E-state index in [0.29, 0.717) is 19.3 Å². The summed E-state index contributed by atoms with van der Waals surface area (Å²) < 4.78 is 28.4. The van der Waals surface area contributed by atoms with Crippen LogP contribution in [-0.2, 0) is 42.9 Å². The van der Waals surface area contributed by atoms with Crippen LogP contribution >= 0.6 is 0 Å². The maximum Gasteiger partial charge on any atom is 0.335 e. The van der Waals surface area contributed by atoms with Gasteiger partial charge in [0.1, 0.15) is 18.8 Å². The number of carbonyl (C=O) groups is 4. The molecule has 412 valence electrons. The number of hydrogen-bond donors (Lipinski definition) is 3. The van der Waals surface area contributed by atoms with Gasteiger partial charge in [0.25, 0.3) is 0 Å². The number of carbonyl (C=O) groups excluding carboxylic acids is 3. The van der Waals surface area contributed by atoms with Crippen LogP contribution in [0, 0.1) is 0 Å². The summed E-state index contributed by atoms with van der Waals surface area (Å²) in [4.78, 5) is 50.9. The van der Waals surface area contributed by atoms with Crippen LogP contribution in [0.25, 0.3) is 0 Å². The van der Waals surface area contributed by atoms with Crippen molar-refractivity contribution in [3.8, 4) is 0 Å². The number of aliphatic hydroxyl groups is 2. The second kappa shape index (κ2) is 47.9. The molecule has 0 radical (unpaired) electrons. The van der Waals surface area contributed by atoms with Gasteiger partial charge < -0.3 is 39.0 Å². The Kier molecular flexibility index (Phi) is 44.5. The number of unbranched alkanes of at least 4 members (excludes halogenated alkanes) is 29. The lowest BCUT2D eigenvalue weighted by Gasteiger charge is -2.40. The summed E-state index contributed by atoms with van der Waals surface area (Å²) >= 11 is 0. The maximum absolute atomic E-state index is 13.1. The van der Waals surface area contributed by atoms with Crippen molar-refractivity contribution in [2.45, 2.75) is 302 Å². The zero-order valence-electron chi connectivity index (χ0n) is 45.2. The number of allylic oxidation sites excluding steroid dienone is 6. The summed E-state index contributed by atoms with van der Waals surface area (Å²) in [5.74, 6) is -3.12. The molecule has 0 aromatic carbocycles. The molecule has 0 bridgehead atoms. The van der Waals surface area contributed by atoms with E-state index >= 15 is 0 Å². The Morgan fingerprint density at radius 3 is 1.35 bits per heavy atom. The van der Waals surface area contributed by atoms with Crippen LogP contribution in [0.15, 0.2) is 36.5 Å². The Labute approximate surface area is 431 Å². The lowest BCUT2D eigenvalue weighted by atomic mass is 9.98. The SMILES string of the molecule is CCCC/C=C\CCCCCCCC(=O)OCC(COC1OC(C(=O)O)C(O)C(O)C1OC(=O)CCCCCCCCCCC/C=C\C/C=C\CCCCC)OC(=O)CCCCCCCCCCCCC. The highest BCUT2D eigenvalue weighted by Gasteiger charge is 2.50. The molecule has 1 rings (SSSR count). The van der Waals surface area contributed by atoms with E-state index in [-0.39, 0.29) is 25.9 Å². The van der Waals surface area contributed by atoms with Gasteiger partial charge in [0, 0.05) is 19.3 Å². The molecule has 1 aliphatic rings. The van der Waals surface area contributed by atoms with Gasteiger partial charge in [-0.2, -0.15) is 0 Å². The molecule has 6 atom stereocenters. The molecule has 0 aliphatic carbocycles. The highest BCUT2D eigenvalue weighted by atomic mass is 16.7. The molecular formula is C59H104O12. The fraction of sp³-hybridized carbons (Fsp3) is 0.831. The van der Waals surface area contributed by atoms with Crippen molar-refractivity contribution in [1.29, 1.82) is 0 Å². The van der Waals surface area contributed by atoms with E-state index < -0.39 is 67.3 Å². The molecule has 1 heterocycles. The standard InChI is InChI=1S/C59H104O12/c1-4-7-10-13-16-19-22-23-24-25-26-27-28-29-32-35-38-41-44-47-53(62)70-57-55(64)54(63)56(58(65)66)71-59(57)68-49-50(69-52(61)46-43-40-37-34-31-21-18-15-12-9-6-3)48-67-51(60)45-42-39-36-33-30-20-17-14-11-8-5-2/h14,16-17,19,23-24,50,54-57,59,63-64H,4-13,15,18,20-22,25-49H2,1-3H3,(H,65,66)/b17-14-,19-16-,24-23-. The Bertz CT molecular complexity index is 1380. The van der Waals surface area contributed by atoms with Gasteiger partial charge in [-0.05, 0) is 70.6 Å². The first-order valence-electron chi connectivity index (χ1n) is 29.0. The van der Waals surface area contributed by atoms with E-state index in [1.165, 1.54) is 109 Å². The van der Waals surface area contributed by atoms with Crippen molar-refractivity contribution in [3.05, 3.63) is 36.5 Å². The molecule has 1 saturated heterocycles. The Morgan fingerprint density at radius 2 is 0.859 bits per heavy atom. The number of aliphatic carboxylic acids is 1. The summed E-state index contributed by atoms with van der Waals surface area (Å²) in [6, 6.07) is 0. The second-order valence-electron chi connectivity index (χ2n) is 19.9. The minimum atomic E-state index is -1.90. The zero-order chi connectivity index (χ0) is 51.8. The van der Waals surface area contributed by atoms with E-state index in [1.54, 1.807) is 0 Å². The van der Waals surface area contributed by atoms with E-state index in [0.717, 1.165) is 96.3 Å². The molecule has 1 fully saturated rings. The predicted molar refractivity (Wildman–Crippen MR) is 285 cm³/mol. The van der Waals surface area contributed by atoms with Crippen molar-refractivity contribution < 1.29 is 58.2 Å². The maximum atomic E-state index is 13.1. The third-order valence-electron chi connectivity index (χ3n) is 13.2. The molecule has 0 spiro atoms. The normalized spacial score (nSPS) is 18.7. The number of hydrogen-bond acceptors (Lipinski definition) is 11. The number of ether oxygens (including phenoxy) is 5. The average molecular weight is 1010 g/mol. The first-order chi connectivity index (χ1) is 34.6. The van der Waals surface area contributed by atoms with Gasteiger partial charge in [-0.25, -0.2) is 4.79 Å². The quantitative estimate of drug-likeness (QED) is 0.0228. The van der Waals surface area contributed by atoms with E-state index in [2.05, 4.69) is 57.2 Å². The molecule has 0 amide bonds. The number of aliphatic hydroxyl groups excluding tert-OH is 2. The van der Waals surface area contributed by atoms with Gasteiger partial charge in [0.2, 0.25) is 0 Å². The molecular weight excluding hydrogens is 901 g/mol. The van der Waals surface area contributed by atoms with Gasteiger partial charge in [0.05, 0.1) is 6.61 Å². The second-order valence-corrected chi connectivity index (χ2v) is 19.9. The Hall–Kier alpha value is -3.06. The molecule has 12 nitrogen and oxygen atoms in total. The van der Waals surface area contributed by atoms with Crippen molar-refractivity contribution in [1.82, 2.24) is 0 Å². The minimum Gasteiger partial charge on any atom is -0.479 e. The Morgan fingerprint density at radius 1 is 0.465 bits per heavy atom. The summed E-state index contributed by atoms with van der Waals surface area (Å²) in [7, 11) is 0. The molecule has 0 saturated carbocycles. The van der Waals surface area contributed by atoms with Gasteiger partial charge >= 0.3 is 23.9 Å². The van der Waals surface area contributed by atoms with E-state index in [9.17, 15) is 34.5 Å². The average Bonchev–Trinajstić information content (AvgIpc) is 3.35. The Balaban J connectivity index is 2.65. The van der Waals surface area contributed by atoms with Gasteiger partial charge in [-0.3, -0.25) is 14.4 Å². The van der Waals surface area contributed by atoms with Crippen molar-refractivity contribution in [2.24, 2.45) is 0 Å². The van der Waals surface area contributed by atoms with Gasteiger partial charge in [-0.15, -0.1) is 0 Å². The van der Waals surface area contributed by atoms with Crippen LogP contribution in [-0.4, -0.2) is 89.2 Å². The molecule has 12 heteroatoms. The number of carboxylic acid groups (broad SMARTS) is 1. The van der Waals surface area contributed by atoms with Crippen LogP contribution < -0.4 is 0 Å². The van der Waals surface area contributed by atoms with Crippen LogP contribution in [0.4, 0.5) is 0 Å². The van der Waals surface area contributed by atoms with Crippen LogP contribution in [0.5, 0.6) is 0 Å². The summed E-state index contributed by atoms with van der Waals surface area (Å²) in [6.45, 7) is 5.92. The molecule has 6 unspecified atom stereocenters. The van der Waals surface area contributed by atoms with E-state index in [4.69, 9.17) is 23.7 Å². The van der Waals surface area contributed by atoms with Crippen molar-refractivity contribution >= 4 is 23.9 Å². The fourth-order valence-corrected chi connectivity index (χ4v) is 8.67. The van der Waals surface area contributed by atoms with Crippen LogP contribution in [0.3, 0.4) is 0 Å². The summed E-state index contributed by atoms with van der Waals surface area (Å²) in [5, 5.41) is 31.4. The van der Waals surface area contributed by atoms with Crippen LogP contribution in [0.2, 0.25) is 0 Å². The minimum absolute atomic E-state index is 0.0578. The first kappa shape index (κ1) is 66.0. The van der Waals surface area contributed by atoms with Gasteiger partial charge in [-0.1, -0.05) is 211 Å². The predicted octanol–water partition coefficient (Wildman–Crippen LogP) is 14.5. The number of rotatable bonds is 49. The lowest BCUT2D eigenvalue weighted by molar-refractivity contribution is -0.301. The number of carboxylic acids is 1. The lowest BCUT2D eigenvalue weighted by Crippen LogP contribution is -2.61. The van der Waals surface area contributed by atoms with E-state index in [1.807, 2.05) is 0 Å². The molecule has 1 aliphatic heterocycles. The first-order valence-corrected chi connectivity index (χ1v) is 29.0. The highest BCUT2D eigenvalue weighted by molar-refractivity contribution is 5.74. The summed E-state index contributed by atoms with van der Waals surface area (Å²) in [6.07, 6.45) is 42.6. The monoisotopic (exact) mass is 1000 g/mol. The van der Waals surface area contributed by atoms with Crippen molar-refractivity contribution in [2.75, 3.05) is 13.2 Å². The third kappa shape index (κ3) is 38.2. The van der Waals surface area contributed by atoms with Crippen LogP contribution in [0.1, 0.15) is 265 Å². The van der Waals surface area contributed by atoms with Gasteiger partial charge in [0.15, 0.2) is 24.6 Å². The molecule has 3 N–H and O–H groups in total. The third-order valence-corrected chi connectivity index (χ3v) is 13.2. The zero-order valence-corrected chi connectivity index (χ0v) is 45.2. The molecule has 71 heavy (non-hydrogen) atoms. The topological polar surface area (TPSA) is 175 Å². The largest absolute Gasteiger partial charge is 0.479 e. The summed E-state index contributed by atoms with van der Waals surface area (Å²) in [5.41, 5.74) is 0. The molecule has 0 aromatic heterocycles. The fourth-order valence-electron chi connectivity index (χ4n) is 8.67. The highest BCUT2D eigenvalue weighted by Crippen LogP contribution is 2.26.